The Hall–Kier alpha value is -1.91. The van der Waals surface area contributed by atoms with Crippen molar-refractivity contribution in [1.82, 2.24) is 9.78 Å². The van der Waals surface area contributed by atoms with Gasteiger partial charge in [0.15, 0.2) is 0 Å². The molecule has 0 saturated heterocycles. The second-order valence-corrected chi connectivity index (χ2v) is 5.73. The van der Waals surface area contributed by atoms with E-state index in [4.69, 9.17) is 5.73 Å². The molecule has 0 spiro atoms. The smallest absolute Gasteiger partial charge is 0.0926 e. The van der Waals surface area contributed by atoms with E-state index in [0.717, 1.165) is 17.0 Å². The molecule has 102 valence electrons. The predicted molar refractivity (Wildman–Crippen MR) is 83.9 cm³/mol. The number of thiophene rings is 1. The molecule has 0 bridgehead atoms. The van der Waals surface area contributed by atoms with E-state index in [0.29, 0.717) is 6.54 Å². The first-order valence-electron chi connectivity index (χ1n) is 6.62. The molecule has 1 unspecified atom stereocenters. The van der Waals surface area contributed by atoms with Crippen LogP contribution in [0.2, 0.25) is 0 Å². The van der Waals surface area contributed by atoms with E-state index < -0.39 is 0 Å². The maximum absolute atomic E-state index is 5.98. The van der Waals surface area contributed by atoms with Crippen molar-refractivity contribution in [2.75, 3.05) is 6.54 Å². The lowest BCUT2D eigenvalue weighted by Gasteiger charge is -2.12. The standard InChI is InChI=1S/C16H17N3S/c1-19-15(13(11-17)16-8-5-9-20-16)10-14(18-19)12-6-3-2-4-7-12/h2-10,13H,11,17H2,1H3. The summed E-state index contributed by atoms with van der Waals surface area (Å²) < 4.78 is 1.94. The average Bonchev–Trinajstić information content (AvgIpc) is 3.12. The number of rotatable bonds is 4. The van der Waals surface area contributed by atoms with Gasteiger partial charge in [0.25, 0.3) is 0 Å². The Bertz CT molecular complexity index is 671. The van der Waals surface area contributed by atoms with Gasteiger partial charge in [0.1, 0.15) is 0 Å². The number of hydrogen-bond acceptors (Lipinski definition) is 3. The fourth-order valence-electron chi connectivity index (χ4n) is 2.43. The second kappa shape index (κ2) is 5.61. The van der Waals surface area contributed by atoms with Crippen molar-refractivity contribution < 1.29 is 0 Å². The van der Waals surface area contributed by atoms with Crippen LogP contribution in [0.1, 0.15) is 16.5 Å². The number of nitrogens with two attached hydrogens (primary N) is 1. The van der Waals surface area contributed by atoms with Crippen LogP contribution in [0, 0.1) is 0 Å². The largest absolute Gasteiger partial charge is 0.329 e. The van der Waals surface area contributed by atoms with Crippen molar-refractivity contribution in [3.63, 3.8) is 0 Å². The SMILES string of the molecule is Cn1nc(-c2ccccc2)cc1C(CN)c1cccs1. The van der Waals surface area contributed by atoms with Gasteiger partial charge in [-0.05, 0) is 17.5 Å². The molecule has 1 aromatic carbocycles. The fraction of sp³-hybridized carbons (Fsp3) is 0.188. The average molecular weight is 283 g/mol. The predicted octanol–water partition coefficient (Wildman–Crippen LogP) is 3.24. The minimum absolute atomic E-state index is 0.213. The van der Waals surface area contributed by atoms with E-state index in [2.05, 4.69) is 40.8 Å². The van der Waals surface area contributed by atoms with Crippen molar-refractivity contribution in [3.8, 4) is 11.3 Å². The lowest BCUT2D eigenvalue weighted by molar-refractivity contribution is 0.670. The van der Waals surface area contributed by atoms with Gasteiger partial charge in [-0.15, -0.1) is 11.3 Å². The third kappa shape index (κ3) is 2.40. The summed E-state index contributed by atoms with van der Waals surface area (Å²) in [4.78, 5) is 1.29. The van der Waals surface area contributed by atoms with Gasteiger partial charge < -0.3 is 5.73 Å². The highest BCUT2D eigenvalue weighted by Crippen LogP contribution is 2.29. The van der Waals surface area contributed by atoms with Crippen LogP contribution in [-0.4, -0.2) is 16.3 Å². The summed E-state index contributed by atoms with van der Waals surface area (Å²) in [5.41, 5.74) is 9.27. The van der Waals surface area contributed by atoms with Gasteiger partial charge in [-0.3, -0.25) is 4.68 Å². The molecule has 20 heavy (non-hydrogen) atoms. The molecule has 0 aliphatic rings. The molecule has 0 aliphatic carbocycles. The minimum Gasteiger partial charge on any atom is -0.329 e. The van der Waals surface area contributed by atoms with Crippen LogP contribution in [0.3, 0.4) is 0 Å². The normalized spacial score (nSPS) is 12.5. The highest BCUT2D eigenvalue weighted by Gasteiger charge is 2.18. The van der Waals surface area contributed by atoms with Gasteiger partial charge in [0.2, 0.25) is 0 Å². The van der Waals surface area contributed by atoms with Gasteiger partial charge >= 0.3 is 0 Å². The zero-order chi connectivity index (χ0) is 13.9. The third-order valence-electron chi connectivity index (χ3n) is 3.46. The Kier molecular flexibility index (Phi) is 3.67. The maximum atomic E-state index is 5.98. The summed E-state index contributed by atoms with van der Waals surface area (Å²) in [5, 5.41) is 6.72. The van der Waals surface area contributed by atoms with Crippen LogP contribution in [0.5, 0.6) is 0 Å². The van der Waals surface area contributed by atoms with Gasteiger partial charge in [-0.1, -0.05) is 36.4 Å². The Balaban J connectivity index is 2.01. The first-order valence-corrected chi connectivity index (χ1v) is 7.50. The molecule has 0 saturated carbocycles. The zero-order valence-electron chi connectivity index (χ0n) is 11.4. The number of hydrogen-bond donors (Lipinski definition) is 1. The van der Waals surface area contributed by atoms with Crippen molar-refractivity contribution in [2.24, 2.45) is 12.8 Å². The topological polar surface area (TPSA) is 43.8 Å². The molecule has 2 N–H and O–H groups in total. The van der Waals surface area contributed by atoms with E-state index in [1.165, 1.54) is 4.88 Å². The molecule has 0 amide bonds. The highest BCUT2D eigenvalue weighted by atomic mass is 32.1. The number of aromatic nitrogens is 2. The van der Waals surface area contributed by atoms with Crippen LogP contribution in [0.15, 0.2) is 53.9 Å². The lowest BCUT2D eigenvalue weighted by Crippen LogP contribution is -2.15. The van der Waals surface area contributed by atoms with Crippen molar-refractivity contribution in [2.45, 2.75) is 5.92 Å². The monoisotopic (exact) mass is 283 g/mol. The molecular weight excluding hydrogens is 266 g/mol. The van der Waals surface area contributed by atoms with E-state index in [1.54, 1.807) is 11.3 Å². The van der Waals surface area contributed by atoms with Crippen LogP contribution < -0.4 is 5.73 Å². The Morgan fingerprint density at radius 3 is 2.65 bits per heavy atom. The number of nitrogens with zero attached hydrogens (tertiary/aromatic N) is 2. The molecule has 4 heteroatoms. The third-order valence-corrected chi connectivity index (χ3v) is 4.45. The summed E-state index contributed by atoms with van der Waals surface area (Å²) in [7, 11) is 1.98. The quantitative estimate of drug-likeness (QED) is 0.799. The first kappa shape index (κ1) is 13.1. The Morgan fingerprint density at radius 2 is 2.00 bits per heavy atom. The van der Waals surface area contributed by atoms with Gasteiger partial charge in [0.05, 0.1) is 5.69 Å². The minimum atomic E-state index is 0.213. The van der Waals surface area contributed by atoms with Crippen LogP contribution in [-0.2, 0) is 7.05 Å². The fourth-order valence-corrected chi connectivity index (χ4v) is 3.28. The summed E-state index contributed by atoms with van der Waals surface area (Å²) in [5.74, 6) is 0.213. The Labute approximate surface area is 122 Å². The summed E-state index contributed by atoms with van der Waals surface area (Å²) in [6.07, 6.45) is 0. The van der Waals surface area contributed by atoms with Gasteiger partial charge in [-0.2, -0.15) is 5.10 Å². The molecule has 0 aliphatic heterocycles. The maximum Gasteiger partial charge on any atom is 0.0926 e. The van der Waals surface area contributed by atoms with E-state index in [9.17, 15) is 0 Å². The van der Waals surface area contributed by atoms with Gasteiger partial charge in [-0.25, -0.2) is 0 Å². The van der Waals surface area contributed by atoms with E-state index >= 15 is 0 Å². The Morgan fingerprint density at radius 1 is 1.20 bits per heavy atom. The van der Waals surface area contributed by atoms with Crippen molar-refractivity contribution in [3.05, 3.63) is 64.5 Å². The molecule has 1 atom stereocenters. The molecule has 3 rings (SSSR count). The molecule has 0 fully saturated rings. The lowest BCUT2D eigenvalue weighted by atomic mass is 10.0. The number of aryl methyl sites for hydroxylation is 1. The molecular formula is C16H17N3S. The molecule has 3 aromatic rings. The summed E-state index contributed by atoms with van der Waals surface area (Å²) in [6.45, 7) is 0.592. The van der Waals surface area contributed by atoms with Crippen molar-refractivity contribution >= 4 is 11.3 Å². The molecule has 0 radical (unpaired) electrons. The molecule has 2 aromatic heterocycles. The second-order valence-electron chi connectivity index (χ2n) is 4.75. The molecule has 2 heterocycles. The van der Waals surface area contributed by atoms with Crippen molar-refractivity contribution in [1.29, 1.82) is 0 Å². The number of benzene rings is 1. The highest BCUT2D eigenvalue weighted by molar-refractivity contribution is 7.10. The van der Waals surface area contributed by atoms with Crippen LogP contribution in [0.25, 0.3) is 11.3 Å². The molecule has 3 nitrogen and oxygen atoms in total. The zero-order valence-corrected chi connectivity index (χ0v) is 12.2. The van der Waals surface area contributed by atoms with Gasteiger partial charge in [0, 0.05) is 35.6 Å². The first-order chi connectivity index (χ1) is 9.79. The van der Waals surface area contributed by atoms with Crippen LogP contribution in [0.4, 0.5) is 0 Å². The van der Waals surface area contributed by atoms with E-state index in [1.807, 2.05) is 29.9 Å². The van der Waals surface area contributed by atoms with Crippen LogP contribution >= 0.6 is 11.3 Å². The summed E-state index contributed by atoms with van der Waals surface area (Å²) in [6, 6.07) is 16.6. The van der Waals surface area contributed by atoms with E-state index in [-0.39, 0.29) is 5.92 Å². The summed E-state index contributed by atoms with van der Waals surface area (Å²) >= 11 is 1.74.